The number of pyridine rings is 1. The number of aromatic nitrogens is 1. The van der Waals surface area contributed by atoms with Crippen molar-refractivity contribution in [2.75, 3.05) is 0 Å². The lowest BCUT2D eigenvalue weighted by Gasteiger charge is -1.97. The molecule has 1 aliphatic carbocycles. The maximum absolute atomic E-state index is 12.5. The summed E-state index contributed by atoms with van der Waals surface area (Å²) in [6.07, 6.45) is 3.94. The second kappa shape index (κ2) is 2.45. The molecule has 1 saturated carbocycles. The van der Waals surface area contributed by atoms with E-state index in [2.05, 4.69) is 4.98 Å². The molecule has 0 N–H and O–H groups in total. The predicted octanol–water partition coefficient (Wildman–Crippen LogP) is 2.75. The molecule has 0 atom stereocenters. The highest BCUT2D eigenvalue weighted by Crippen LogP contribution is 2.40. The first-order valence-electron chi connectivity index (χ1n) is 3.58. The van der Waals surface area contributed by atoms with Gasteiger partial charge in [0.25, 0.3) is 0 Å². The Bertz CT molecular complexity index is 283. The standard InChI is InChI=1S/C8H7ClFN/c9-7-3-6(5-1-2-5)4-11-8(7)10/h3-5H,1-2H2. The molecule has 0 radical (unpaired) electrons. The molecule has 2 rings (SSSR count). The molecular formula is C8H7ClFN. The maximum Gasteiger partial charge on any atom is 0.231 e. The van der Waals surface area contributed by atoms with Gasteiger partial charge >= 0.3 is 0 Å². The first-order chi connectivity index (χ1) is 5.27. The molecule has 0 saturated heterocycles. The molecule has 0 aromatic carbocycles. The van der Waals surface area contributed by atoms with Crippen LogP contribution in [0.3, 0.4) is 0 Å². The number of hydrogen-bond donors (Lipinski definition) is 0. The van der Waals surface area contributed by atoms with E-state index in [9.17, 15) is 4.39 Å². The van der Waals surface area contributed by atoms with Crippen LogP contribution in [0, 0.1) is 5.95 Å². The second-order valence-corrected chi connectivity index (χ2v) is 3.22. The number of nitrogens with zero attached hydrogens (tertiary/aromatic N) is 1. The van der Waals surface area contributed by atoms with Gasteiger partial charge in [-0.15, -0.1) is 0 Å². The van der Waals surface area contributed by atoms with Gasteiger partial charge < -0.3 is 0 Å². The Morgan fingerprint density at radius 1 is 1.55 bits per heavy atom. The Morgan fingerprint density at radius 2 is 2.27 bits per heavy atom. The Morgan fingerprint density at radius 3 is 2.82 bits per heavy atom. The molecule has 0 spiro atoms. The predicted molar refractivity (Wildman–Crippen MR) is 41.2 cm³/mol. The smallest absolute Gasteiger partial charge is 0.227 e. The average Bonchev–Trinajstić information content (AvgIpc) is 2.77. The molecule has 3 heteroatoms. The highest BCUT2D eigenvalue weighted by molar-refractivity contribution is 6.30. The summed E-state index contributed by atoms with van der Waals surface area (Å²) < 4.78 is 12.5. The fourth-order valence-corrected chi connectivity index (χ4v) is 1.25. The molecule has 11 heavy (non-hydrogen) atoms. The van der Waals surface area contributed by atoms with Crippen molar-refractivity contribution >= 4 is 11.6 Å². The van der Waals surface area contributed by atoms with E-state index in [1.54, 1.807) is 12.3 Å². The average molecular weight is 172 g/mol. The third-order valence-electron chi connectivity index (χ3n) is 1.87. The molecule has 1 heterocycles. The van der Waals surface area contributed by atoms with Crippen molar-refractivity contribution in [3.8, 4) is 0 Å². The molecule has 1 aromatic rings. The van der Waals surface area contributed by atoms with E-state index in [-0.39, 0.29) is 5.02 Å². The summed E-state index contributed by atoms with van der Waals surface area (Å²) in [6, 6.07) is 1.67. The molecule has 1 fully saturated rings. The SMILES string of the molecule is Fc1ncc(C2CC2)cc1Cl. The fourth-order valence-electron chi connectivity index (χ4n) is 1.08. The van der Waals surface area contributed by atoms with Crippen molar-refractivity contribution in [3.05, 3.63) is 28.8 Å². The lowest BCUT2D eigenvalue weighted by molar-refractivity contribution is 0.583. The normalized spacial score (nSPS) is 16.9. The summed E-state index contributed by atoms with van der Waals surface area (Å²) in [5, 5.41) is 0.134. The number of hydrogen-bond acceptors (Lipinski definition) is 1. The van der Waals surface area contributed by atoms with Gasteiger partial charge in [0.05, 0.1) is 5.02 Å². The second-order valence-electron chi connectivity index (χ2n) is 2.82. The van der Waals surface area contributed by atoms with Gasteiger partial charge in [-0.25, -0.2) is 4.98 Å². The summed E-state index contributed by atoms with van der Waals surface area (Å²) >= 11 is 5.55. The number of halogens is 2. The Labute approximate surface area is 69.2 Å². The molecule has 0 aliphatic heterocycles. The van der Waals surface area contributed by atoms with Gasteiger partial charge in [0.1, 0.15) is 0 Å². The van der Waals surface area contributed by atoms with Crippen molar-refractivity contribution < 1.29 is 4.39 Å². The van der Waals surface area contributed by atoms with E-state index >= 15 is 0 Å². The van der Waals surface area contributed by atoms with E-state index in [0.717, 1.165) is 5.56 Å². The number of rotatable bonds is 1. The van der Waals surface area contributed by atoms with Gasteiger partial charge in [-0.3, -0.25) is 0 Å². The minimum absolute atomic E-state index is 0.134. The summed E-state index contributed by atoms with van der Waals surface area (Å²) in [7, 11) is 0. The van der Waals surface area contributed by atoms with E-state index in [1.165, 1.54) is 12.8 Å². The van der Waals surface area contributed by atoms with Crippen LogP contribution in [0.5, 0.6) is 0 Å². The molecule has 0 unspecified atom stereocenters. The van der Waals surface area contributed by atoms with Crippen molar-refractivity contribution in [2.24, 2.45) is 0 Å². The molecule has 0 bridgehead atoms. The first kappa shape index (κ1) is 7.04. The third-order valence-corrected chi connectivity index (χ3v) is 2.13. The lowest BCUT2D eigenvalue weighted by Crippen LogP contribution is -1.87. The molecule has 58 valence electrons. The van der Waals surface area contributed by atoms with Crippen LogP contribution in [-0.4, -0.2) is 4.98 Å². The topological polar surface area (TPSA) is 12.9 Å². The zero-order chi connectivity index (χ0) is 7.84. The summed E-state index contributed by atoms with van der Waals surface area (Å²) in [5.74, 6) is 0.0108. The van der Waals surface area contributed by atoms with E-state index in [4.69, 9.17) is 11.6 Å². The van der Waals surface area contributed by atoms with Crippen molar-refractivity contribution in [1.29, 1.82) is 0 Å². The zero-order valence-corrected chi connectivity index (χ0v) is 6.61. The highest BCUT2D eigenvalue weighted by Gasteiger charge is 2.24. The van der Waals surface area contributed by atoms with Gasteiger partial charge in [-0.2, -0.15) is 4.39 Å². The minimum Gasteiger partial charge on any atom is -0.227 e. The zero-order valence-electron chi connectivity index (χ0n) is 5.85. The van der Waals surface area contributed by atoms with Gasteiger partial charge in [0.15, 0.2) is 0 Å². The van der Waals surface area contributed by atoms with Crippen LogP contribution in [0.25, 0.3) is 0 Å². The molecule has 1 aliphatic rings. The Kier molecular flexibility index (Phi) is 1.57. The van der Waals surface area contributed by atoms with Crippen LogP contribution in [0.2, 0.25) is 5.02 Å². The van der Waals surface area contributed by atoms with Crippen molar-refractivity contribution in [1.82, 2.24) is 4.98 Å². The van der Waals surface area contributed by atoms with Gasteiger partial charge in [0, 0.05) is 6.20 Å². The van der Waals surface area contributed by atoms with Crippen LogP contribution < -0.4 is 0 Å². The first-order valence-corrected chi connectivity index (χ1v) is 3.96. The van der Waals surface area contributed by atoms with Crippen molar-refractivity contribution in [3.63, 3.8) is 0 Å². The molecule has 1 aromatic heterocycles. The Hall–Kier alpha value is -0.630. The van der Waals surface area contributed by atoms with Gasteiger partial charge in [-0.05, 0) is 30.4 Å². The van der Waals surface area contributed by atoms with Gasteiger partial charge in [0.2, 0.25) is 5.95 Å². The molecule has 0 amide bonds. The van der Waals surface area contributed by atoms with E-state index < -0.39 is 5.95 Å². The third kappa shape index (κ3) is 1.36. The minimum atomic E-state index is -0.573. The highest BCUT2D eigenvalue weighted by atomic mass is 35.5. The van der Waals surface area contributed by atoms with Crippen LogP contribution in [0.15, 0.2) is 12.3 Å². The van der Waals surface area contributed by atoms with Crippen molar-refractivity contribution in [2.45, 2.75) is 18.8 Å². The van der Waals surface area contributed by atoms with E-state index in [1.807, 2.05) is 0 Å². The molecule has 1 nitrogen and oxygen atoms in total. The van der Waals surface area contributed by atoms with Crippen LogP contribution >= 0.6 is 11.6 Å². The van der Waals surface area contributed by atoms with Crippen LogP contribution in [-0.2, 0) is 0 Å². The maximum atomic E-state index is 12.5. The fraction of sp³-hybridized carbons (Fsp3) is 0.375. The Balaban J connectivity index is 2.36. The summed E-state index contributed by atoms with van der Waals surface area (Å²) in [5.41, 5.74) is 1.07. The van der Waals surface area contributed by atoms with Crippen LogP contribution in [0.1, 0.15) is 24.3 Å². The monoisotopic (exact) mass is 171 g/mol. The largest absolute Gasteiger partial charge is 0.231 e. The summed E-state index contributed by atoms with van der Waals surface area (Å²) in [6.45, 7) is 0. The van der Waals surface area contributed by atoms with Crippen LogP contribution in [0.4, 0.5) is 4.39 Å². The summed E-state index contributed by atoms with van der Waals surface area (Å²) in [4.78, 5) is 3.54. The van der Waals surface area contributed by atoms with E-state index in [0.29, 0.717) is 5.92 Å². The molecular weight excluding hydrogens is 165 g/mol. The van der Waals surface area contributed by atoms with Gasteiger partial charge in [-0.1, -0.05) is 11.6 Å². The quantitative estimate of drug-likeness (QED) is 0.592. The lowest BCUT2D eigenvalue weighted by atomic mass is 10.2.